The SMILES string of the molecule is Cc1cccc(-c2cccn2C)c1. The third kappa shape index (κ3) is 1.50. The molecule has 0 unspecified atom stereocenters. The molecule has 0 saturated heterocycles. The number of aromatic nitrogens is 1. The van der Waals surface area contributed by atoms with Crippen molar-refractivity contribution in [1.29, 1.82) is 0 Å². The van der Waals surface area contributed by atoms with Crippen LogP contribution in [0.2, 0.25) is 0 Å². The van der Waals surface area contributed by atoms with Crippen LogP contribution in [0.25, 0.3) is 11.3 Å². The summed E-state index contributed by atoms with van der Waals surface area (Å²) in [6.45, 7) is 2.12. The zero-order valence-corrected chi connectivity index (χ0v) is 7.99. The van der Waals surface area contributed by atoms with Gasteiger partial charge in [0, 0.05) is 18.9 Å². The molecule has 13 heavy (non-hydrogen) atoms. The van der Waals surface area contributed by atoms with Gasteiger partial charge in [-0.25, -0.2) is 0 Å². The van der Waals surface area contributed by atoms with E-state index in [1.54, 1.807) is 0 Å². The van der Waals surface area contributed by atoms with Gasteiger partial charge in [-0.3, -0.25) is 0 Å². The summed E-state index contributed by atoms with van der Waals surface area (Å²) in [6, 6.07) is 12.8. The number of benzene rings is 1. The van der Waals surface area contributed by atoms with Crippen LogP contribution in [0.1, 0.15) is 5.56 Å². The Balaban J connectivity index is 2.53. The first kappa shape index (κ1) is 8.11. The molecule has 0 spiro atoms. The minimum atomic E-state index is 1.27. The van der Waals surface area contributed by atoms with Crippen molar-refractivity contribution in [2.45, 2.75) is 6.92 Å². The third-order valence-electron chi connectivity index (χ3n) is 2.26. The molecule has 1 aromatic heterocycles. The predicted molar refractivity (Wildman–Crippen MR) is 55.6 cm³/mol. The first-order valence-corrected chi connectivity index (χ1v) is 4.46. The minimum absolute atomic E-state index is 1.27. The topological polar surface area (TPSA) is 4.93 Å². The lowest BCUT2D eigenvalue weighted by atomic mass is 10.1. The molecule has 0 N–H and O–H groups in total. The van der Waals surface area contributed by atoms with Crippen LogP contribution >= 0.6 is 0 Å². The number of rotatable bonds is 1. The molecule has 0 fully saturated rings. The second kappa shape index (κ2) is 3.09. The highest BCUT2D eigenvalue weighted by Crippen LogP contribution is 2.19. The lowest BCUT2D eigenvalue weighted by molar-refractivity contribution is 0.937. The standard InChI is InChI=1S/C12H13N/c1-10-5-3-6-11(9-10)12-7-4-8-13(12)2/h3-9H,1-2H3. The van der Waals surface area contributed by atoms with E-state index in [0.717, 1.165) is 0 Å². The lowest BCUT2D eigenvalue weighted by Crippen LogP contribution is -1.88. The number of aryl methyl sites for hydroxylation is 2. The normalized spacial score (nSPS) is 10.3. The van der Waals surface area contributed by atoms with Gasteiger partial charge in [0.15, 0.2) is 0 Å². The van der Waals surface area contributed by atoms with Crippen molar-refractivity contribution in [3.8, 4) is 11.3 Å². The minimum Gasteiger partial charge on any atom is -0.351 e. The number of nitrogens with zero attached hydrogens (tertiary/aromatic N) is 1. The number of hydrogen-bond donors (Lipinski definition) is 0. The van der Waals surface area contributed by atoms with E-state index in [1.807, 2.05) is 0 Å². The van der Waals surface area contributed by atoms with Crippen molar-refractivity contribution in [1.82, 2.24) is 4.57 Å². The fourth-order valence-corrected chi connectivity index (χ4v) is 1.57. The van der Waals surface area contributed by atoms with Crippen molar-refractivity contribution in [2.24, 2.45) is 7.05 Å². The molecule has 1 aromatic carbocycles. The van der Waals surface area contributed by atoms with E-state index in [2.05, 4.69) is 61.1 Å². The van der Waals surface area contributed by atoms with Crippen molar-refractivity contribution in [2.75, 3.05) is 0 Å². The molecule has 0 amide bonds. The van der Waals surface area contributed by atoms with Gasteiger partial charge in [0.2, 0.25) is 0 Å². The summed E-state index contributed by atoms with van der Waals surface area (Å²) in [5.74, 6) is 0. The van der Waals surface area contributed by atoms with Crippen molar-refractivity contribution < 1.29 is 0 Å². The quantitative estimate of drug-likeness (QED) is 0.621. The predicted octanol–water partition coefficient (Wildman–Crippen LogP) is 3.00. The van der Waals surface area contributed by atoms with Crippen LogP contribution in [0.3, 0.4) is 0 Å². The van der Waals surface area contributed by atoms with E-state index in [0.29, 0.717) is 0 Å². The maximum Gasteiger partial charge on any atom is 0.0477 e. The second-order valence-corrected chi connectivity index (χ2v) is 3.37. The van der Waals surface area contributed by atoms with Crippen LogP contribution in [0.15, 0.2) is 42.6 Å². The molecular weight excluding hydrogens is 158 g/mol. The van der Waals surface area contributed by atoms with Gasteiger partial charge in [0.25, 0.3) is 0 Å². The average Bonchev–Trinajstić information content (AvgIpc) is 2.51. The van der Waals surface area contributed by atoms with Gasteiger partial charge in [-0.1, -0.05) is 23.8 Å². The molecule has 1 heterocycles. The molecule has 0 saturated carbocycles. The summed E-state index contributed by atoms with van der Waals surface area (Å²) in [6.07, 6.45) is 2.07. The Morgan fingerprint density at radius 2 is 1.92 bits per heavy atom. The monoisotopic (exact) mass is 171 g/mol. The highest BCUT2D eigenvalue weighted by molar-refractivity contribution is 5.60. The summed E-state index contributed by atoms with van der Waals surface area (Å²) in [7, 11) is 2.07. The molecule has 66 valence electrons. The zero-order valence-electron chi connectivity index (χ0n) is 7.99. The summed E-state index contributed by atoms with van der Waals surface area (Å²) < 4.78 is 2.13. The first-order chi connectivity index (χ1) is 6.27. The summed E-state index contributed by atoms with van der Waals surface area (Å²) in [4.78, 5) is 0. The van der Waals surface area contributed by atoms with Crippen LogP contribution in [0.4, 0.5) is 0 Å². The molecule has 0 atom stereocenters. The van der Waals surface area contributed by atoms with Crippen LogP contribution in [-0.4, -0.2) is 4.57 Å². The van der Waals surface area contributed by atoms with Gasteiger partial charge in [-0.15, -0.1) is 0 Å². The van der Waals surface area contributed by atoms with Gasteiger partial charge in [-0.05, 0) is 30.7 Å². The molecule has 1 heteroatoms. The Morgan fingerprint density at radius 1 is 1.08 bits per heavy atom. The van der Waals surface area contributed by atoms with Crippen LogP contribution in [-0.2, 0) is 7.05 Å². The fourth-order valence-electron chi connectivity index (χ4n) is 1.57. The molecule has 2 rings (SSSR count). The van der Waals surface area contributed by atoms with E-state index >= 15 is 0 Å². The molecule has 2 aromatic rings. The maximum atomic E-state index is 2.20. The van der Waals surface area contributed by atoms with Gasteiger partial charge in [0.1, 0.15) is 0 Å². The Morgan fingerprint density at radius 3 is 2.54 bits per heavy atom. The fraction of sp³-hybridized carbons (Fsp3) is 0.167. The molecule has 0 radical (unpaired) electrons. The highest BCUT2D eigenvalue weighted by atomic mass is 14.9. The second-order valence-electron chi connectivity index (χ2n) is 3.37. The largest absolute Gasteiger partial charge is 0.351 e. The Hall–Kier alpha value is -1.50. The Labute approximate surface area is 78.6 Å². The molecule has 0 bridgehead atoms. The summed E-state index contributed by atoms with van der Waals surface area (Å²) >= 11 is 0. The van der Waals surface area contributed by atoms with Gasteiger partial charge in [-0.2, -0.15) is 0 Å². The lowest BCUT2D eigenvalue weighted by Gasteiger charge is -2.03. The van der Waals surface area contributed by atoms with E-state index in [9.17, 15) is 0 Å². The molecular formula is C12H13N. The Kier molecular flexibility index (Phi) is 1.93. The van der Waals surface area contributed by atoms with E-state index in [-0.39, 0.29) is 0 Å². The zero-order chi connectivity index (χ0) is 9.26. The van der Waals surface area contributed by atoms with Crippen molar-refractivity contribution >= 4 is 0 Å². The van der Waals surface area contributed by atoms with Crippen molar-refractivity contribution in [3.63, 3.8) is 0 Å². The van der Waals surface area contributed by atoms with Gasteiger partial charge < -0.3 is 4.57 Å². The third-order valence-corrected chi connectivity index (χ3v) is 2.26. The molecule has 0 aliphatic carbocycles. The Bertz CT molecular complexity index is 413. The van der Waals surface area contributed by atoms with Crippen LogP contribution in [0, 0.1) is 6.92 Å². The summed E-state index contributed by atoms with van der Waals surface area (Å²) in [5.41, 5.74) is 3.86. The van der Waals surface area contributed by atoms with Gasteiger partial charge >= 0.3 is 0 Å². The van der Waals surface area contributed by atoms with Gasteiger partial charge in [0.05, 0.1) is 0 Å². The molecule has 1 nitrogen and oxygen atoms in total. The van der Waals surface area contributed by atoms with Crippen LogP contribution in [0.5, 0.6) is 0 Å². The number of hydrogen-bond acceptors (Lipinski definition) is 0. The first-order valence-electron chi connectivity index (χ1n) is 4.46. The van der Waals surface area contributed by atoms with E-state index in [1.165, 1.54) is 16.8 Å². The van der Waals surface area contributed by atoms with E-state index in [4.69, 9.17) is 0 Å². The molecule has 0 aliphatic heterocycles. The highest BCUT2D eigenvalue weighted by Gasteiger charge is 1.99. The summed E-state index contributed by atoms with van der Waals surface area (Å²) in [5, 5.41) is 0. The smallest absolute Gasteiger partial charge is 0.0477 e. The van der Waals surface area contributed by atoms with Crippen molar-refractivity contribution in [3.05, 3.63) is 48.2 Å². The molecule has 0 aliphatic rings. The van der Waals surface area contributed by atoms with Crippen LogP contribution < -0.4 is 0 Å². The maximum absolute atomic E-state index is 2.20. The van der Waals surface area contributed by atoms with E-state index < -0.39 is 0 Å². The average molecular weight is 171 g/mol.